The molecule has 0 aliphatic carbocycles. The average Bonchev–Trinajstić information content (AvgIpc) is 3.32. The number of anilines is 4. The molecule has 8 heteroatoms. The van der Waals surface area contributed by atoms with Gasteiger partial charge in [-0.3, -0.25) is 9.97 Å². The van der Waals surface area contributed by atoms with Crippen LogP contribution in [-0.4, -0.2) is 24.9 Å². The van der Waals surface area contributed by atoms with Crippen LogP contribution in [0.1, 0.15) is 17.0 Å². The molecule has 0 bridgehead atoms. The first-order valence-electron chi connectivity index (χ1n) is 11.8. The van der Waals surface area contributed by atoms with Crippen molar-refractivity contribution in [2.75, 3.05) is 10.6 Å². The SMILES string of the molecule is Cc1cc(Nc2cnc3nc(-c4ccc(Nc5cc(C)nc6ccc(C#N)cc56)cc4)[nH]c3c2)ccn1. The zero-order valence-corrected chi connectivity index (χ0v) is 20.2. The van der Waals surface area contributed by atoms with E-state index in [0.717, 1.165) is 61.9 Å². The number of fused-ring (bicyclic) bond motifs is 2. The van der Waals surface area contributed by atoms with Crippen LogP contribution >= 0.6 is 0 Å². The Morgan fingerprint density at radius 3 is 2.46 bits per heavy atom. The highest BCUT2D eigenvalue weighted by atomic mass is 15.0. The van der Waals surface area contributed by atoms with Crippen LogP contribution in [0.4, 0.5) is 22.7 Å². The van der Waals surface area contributed by atoms with E-state index in [2.05, 4.69) is 41.6 Å². The van der Waals surface area contributed by atoms with E-state index in [1.54, 1.807) is 18.5 Å². The molecule has 8 nitrogen and oxygen atoms in total. The molecule has 6 aromatic rings. The zero-order valence-electron chi connectivity index (χ0n) is 20.2. The Labute approximate surface area is 213 Å². The number of hydrogen-bond acceptors (Lipinski definition) is 7. The van der Waals surface area contributed by atoms with E-state index < -0.39 is 0 Å². The summed E-state index contributed by atoms with van der Waals surface area (Å²) in [5.74, 6) is 0.745. The monoisotopic (exact) mass is 482 g/mol. The molecule has 3 N–H and O–H groups in total. The summed E-state index contributed by atoms with van der Waals surface area (Å²) in [5.41, 5.74) is 9.40. The summed E-state index contributed by atoms with van der Waals surface area (Å²) in [6.07, 6.45) is 3.55. The van der Waals surface area contributed by atoms with Crippen LogP contribution in [-0.2, 0) is 0 Å². The molecule has 0 aliphatic rings. The lowest BCUT2D eigenvalue weighted by Gasteiger charge is -2.11. The minimum atomic E-state index is 0.601. The van der Waals surface area contributed by atoms with Crippen molar-refractivity contribution in [3.05, 3.63) is 96.1 Å². The van der Waals surface area contributed by atoms with Crippen LogP contribution in [0.25, 0.3) is 33.5 Å². The van der Waals surface area contributed by atoms with E-state index in [1.165, 1.54) is 0 Å². The van der Waals surface area contributed by atoms with E-state index in [1.807, 2.05) is 74.5 Å². The van der Waals surface area contributed by atoms with Crippen LogP contribution in [0.2, 0.25) is 0 Å². The van der Waals surface area contributed by atoms with Crippen molar-refractivity contribution in [2.24, 2.45) is 0 Å². The van der Waals surface area contributed by atoms with Crippen molar-refractivity contribution in [1.82, 2.24) is 24.9 Å². The van der Waals surface area contributed by atoms with Crippen LogP contribution in [0.15, 0.2) is 79.1 Å². The Bertz CT molecular complexity index is 1810. The molecule has 6 rings (SSSR count). The summed E-state index contributed by atoms with van der Waals surface area (Å²) in [7, 11) is 0. The first-order valence-corrected chi connectivity index (χ1v) is 11.8. The first-order chi connectivity index (χ1) is 18.0. The third kappa shape index (κ3) is 4.54. The van der Waals surface area contributed by atoms with E-state index in [-0.39, 0.29) is 0 Å². The number of imidazole rings is 1. The lowest BCUT2D eigenvalue weighted by Crippen LogP contribution is -1.95. The predicted molar refractivity (Wildman–Crippen MR) is 146 cm³/mol. The van der Waals surface area contributed by atoms with Gasteiger partial charge in [-0.25, -0.2) is 9.97 Å². The molecule has 178 valence electrons. The van der Waals surface area contributed by atoms with Crippen LogP contribution < -0.4 is 10.6 Å². The highest BCUT2D eigenvalue weighted by Gasteiger charge is 2.10. The number of hydrogen-bond donors (Lipinski definition) is 3. The number of nitrogens with one attached hydrogen (secondary N) is 3. The van der Waals surface area contributed by atoms with Gasteiger partial charge in [0.05, 0.1) is 34.6 Å². The molecule has 0 aliphatic heterocycles. The Hall–Kier alpha value is -5.29. The Morgan fingerprint density at radius 2 is 1.65 bits per heavy atom. The second-order valence-corrected chi connectivity index (χ2v) is 8.85. The van der Waals surface area contributed by atoms with Crippen molar-refractivity contribution in [1.29, 1.82) is 5.26 Å². The second-order valence-electron chi connectivity index (χ2n) is 8.85. The van der Waals surface area contributed by atoms with Gasteiger partial charge in [0, 0.05) is 45.6 Å². The summed E-state index contributed by atoms with van der Waals surface area (Å²) < 4.78 is 0. The molecule has 2 aromatic carbocycles. The lowest BCUT2D eigenvalue weighted by molar-refractivity contribution is 1.20. The molecular weight excluding hydrogens is 460 g/mol. The highest BCUT2D eigenvalue weighted by Crippen LogP contribution is 2.29. The number of aromatic amines is 1. The molecule has 4 aromatic heterocycles. The number of pyridine rings is 3. The third-order valence-corrected chi connectivity index (χ3v) is 6.03. The number of aryl methyl sites for hydroxylation is 2. The fourth-order valence-electron chi connectivity index (χ4n) is 4.29. The molecule has 0 saturated heterocycles. The van der Waals surface area contributed by atoms with Gasteiger partial charge < -0.3 is 15.6 Å². The normalized spacial score (nSPS) is 10.9. The minimum absolute atomic E-state index is 0.601. The summed E-state index contributed by atoms with van der Waals surface area (Å²) in [6.45, 7) is 3.92. The van der Waals surface area contributed by atoms with Gasteiger partial charge in [-0.2, -0.15) is 5.26 Å². The third-order valence-electron chi connectivity index (χ3n) is 6.03. The molecule has 4 heterocycles. The highest BCUT2D eigenvalue weighted by molar-refractivity contribution is 5.94. The minimum Gasteiger partial charge on any atom is -0.355 e. The maximum absolute atomic E-state index is 9.31. The average molecular weight is 483 g/mol. The van der Waals surface area contributed by atoms with Crippen molar-refractivity contribution in [2.45, 2.75) is 13.8 Å². The first kappa shape index (κ1) is 22.2. The molecule has 37 heavy (non-hydrogen) atoms. The van der Waals surface area contributed by atoms with Crippen LogP contribution in [0, 0.1) is 25.2 Å². The predicted octanol–water partition coefficient (Wildman–Crippen LogP) is 6.54. The number of aromatic nitrogens is 5. The second kappa shape index (κ2) is 9.06. The largest absolute Gasteiger partial charge is 0.355 e. The van der Waals surface area contributed by atoms with Gasteiger partial charge in [-0.15, -0.1) is 0 Å². The van der Waals surface area contributed by atoms with Gasteiger partial charge in [0.25, 0.3) is 0 Å². The van der Waals surface area contributed by atoms with Crippen molar-refractivity contribution < 1.29 is 0 Å². The number of benzene rings is 2. The van der Waals surface area contributed by atoms with Gasteiger partial charge in [-0.05, 0) is 80.6 Å². The summed E-state index contributed by atoms with van der Waals surface area (Å²) in [5, 5.41) is 17.0. The van der Waals surface area contributed by atoms with E-state index in [9.17, 15) is 5.26 Å². The molecule has 0 saturated carbocycles. The quantitative estimate of drug-likeness (QED) is 0.255. The Morgan fingerprint density at radius 1 is 0.784 bits per heavy atom. The number of H-pyrrole nitrogens is 1. The fourth-order valence-corrected chi connectivity index (χ4v) is 4.29. The van der Waals surface area contributed by atoms with Crippen molar-refractivity contribution in [3.63, 3.8) is 0 Å². The van der Waals surface area contributed by atoms with Crippen LogP contribution in [0.3, 0.4) is 0 Å². The standard InChI is InChI=1S/C29H22N8/c1-17-11-22(9-10-31-17)34-23-14-27-29(32-16-23)37-28(36-27)20-4-6-21(7-5-20)35-26-12-18(2)33-25-8-3-19(15-30)13-24(25)26/h3-14,16H,1-2H3,(H,31,34)(H,33,35)(H,32,36,37). The molecule has 0 atom stereocenters. The van der Waals surface area contributed by atoms with Gasteiger partial charge in [-0.1, -0.05) is 0 Å². The van der Waals surface area contributed by atoms with E-state index in [0.29, 0.717) is 11.2 Å². The van der Waals surface area contributed by atoms with E-state index >= 15 is 0 Å². The number of rotatable bonds is 5. The molecule has 0 unspecified atom stereocenters. The summed E-state index contributed by atoms with van der Waals surface area (Å²) in [4.78, 5) is 21.4. The molecular formula is C29H22N8. The molecule has 0 spiro atoms. The van der Waals surface area contributed by atoms with Crippen molar-refractivity contribution >= 4 is 44.8 Å². The Balaban J connectivity index is 1.25. The number of nitrogens with zero attached hydrogens (tertiary/aromatic N) is 5. The lowest BCUT2D eigenvalue weighted by atomic mass is 10.1. The van der Waals surface area contributed by atoms with Gasteiger partial charge in [0.15, 0.2) is 5.65 Å². The van der Waals surface area contributed by atoms with Gasteiger partial charge in [0.2, 0.25) is 0 Å². The summed E-state index contributed by atoms with van der Waals surface area (Å²) >= 11 is 0. The molecule has 0 fully saturated rings. The Kier molecular flexibility index (Phi) is 5.43. The zero-order chi connectivity index (χ0) is 25.4. The maximum Gasteiger partial charge on any atom is 0.178 e. The summed E-state index contributed by atoms with van der Waals surface area (Å²) in [6, 6.07) is 23.6. The van der Waals surface area contributed by atoms with Gasteiger partial charge >= 0.3 is 0 Å². The smallest absolute Gasteiger partial charge is 0.178 e. The van der Waals surface area contributed by atoms with E-state index in [4.69, 9.17) is 0 Å². The molecule has 0 radical (unpaired) electrons. The molecule has 0 amide bonds. The van der Waals surface area contributed by atoms with Crippen LogP contribution in [0.5, 0.6) is 0 Å². The fraction of sp³-hybridized carbons (Fsp3) is 0.0690. The topological polar surface area (TPSA) is 115 Å². The number of nitriles is 1. The van der Waals surface area contributed by atoms with Crippen molar-refractivity contribution in [3.8, 4) is 17.5 Å². The maximum atomic E-state index is 9.31. The van der Waals surface area contributed by atoms with Gasteiger partial charge in [0.1, 0.15) is 5.82 Å².